The van der Waals surface area contributed by atoms with Crippen LogP contribution in [0.3, 0.4) is 0 Å². The van der Waals surface area contributed by atoms with E-state index in [1.165, 1.54) is 12.1 Å². The largest absolute Gasteiger partial charge is 0.506 e. The summed E-state index contributed by atoms with van der Waals surface area (Å²) in [4.78, 5) is 11.3. The van der Waals surface area contributed by atoms with Crippen LogP contribution in [0.2, 0.25) is 5.02 Å². The average Bonchev–Trinajstić information content (AvgIpc) is 2.23. The normalized spacial score (nSPS) is 12.4. The number of nitrogens with two attached hydrogens (primary N) is 1. The van der Waals surface area contributed by atoms with Gasteiger partial charge in [-0.25, -0.2) is 0 Å². The number of hydrogen-bond acceptors (Lipinski definition) is 3. The lowest BCUT2D eigenvalue weighted by molar-refractivity contribution is -0.120. The number of nitrogens with one attached hydrogen (secondary N) is 1. The van der Waals surface area contributed by atoms with E-state index in [2.05, 4.69) is 5.32 Å². The van der Waals surface area contributed by atoms with Crippen LogP contribution >= 0.6 is 11.6 Å². The lowest BCUT2D eigenvalue weighted by Crippen LogP contribution is -2.34. The molecule has 1 atom stereocenters. The van der Waals surface area contributed by atoms with Crippen molar-refractivity contribution in [1.82, 2.24) is 5.32 Å². The highest BCUT2D eigenvalue weighted by molar-refractivity contribution is 6.32. The summed E-state index contributed by atoms with van der Waals surface area (Å²) < 4.78 is 0. The third-order valence-electron chi connectivity index (χ3n) is 2.19. The van der Waals surface area contributed by atoms with Gasteiger partial charge in [0.1, 0.15) is 11.8 Å². The molecule has 1 rings (SSSR count). The molecule has 0 spiro atoms. The lowest BCUT2D eigenvalue weighted by atomic mass is 10.1. The van der Waals surface area contributed by atoms with Crippen molar-refractivity contribution in [2.45, 2.75) is 19.4 Å². The Bertz CT molecular complexity index is 382. The van der Waals surface area contributed by atoms with Gasteiger partial charge in [0.2, 0.25) is 5.91 Å². The maximum absolute atomic E-state index is 11.3. The molecule has 1 amide bonds. The van der Waals surface area contributed by atoms with E-state index >= 15 is 0 Å². The van der Waals surface area contributed by atoms with Crippen LogP contribution in [0.4, 0.5) is 0 Å². The minimum Gasteiger partial charge on any atom is -0.506 e. The van der Waals surface area contributed by atoms with Crippen molar-refractivity contribution >= 4 is 17.5 Å². The second-order valence-corrected chi connectivity index (χ2v) is 3.91. The zero-order chi connectivity index (χ0) is 12.1. The molecule has 0 heterocycles. The highest BCUT2D eigenvalue weighted by Crippen LogP contribution is 2.26. The number of hydrogen-bond donors (Lipinski definition) is 3. The van der Waals surface area contributed by atoms with Crippen molar-refractivity contribution in [3.8, 4) is 5.75 Å². The Labute approximate surface area is 99.4 Å². The molecule has 0 bridgehead atoms. The summed E-state index contributed by atoms with van der Waals surface area (Å²) in [5, 5.41) is 12.5. The third kappa shape index (κ3) is 3.12. The quantitative estimate of drug-likeness (QED) is 0.734. The van der Waals surface area contributed by atoms with Gasteiger partial charge in [0, 0.05) is 0 Å². The number of benzene rings is 1. The van der Waals surface area contributed by atoms with E-state index in [4.69, 9.17) is 17.3 Å². The molecule has 4 N–H and O–H groups in total. The first-order valence-electron chi connectivity index (χ1n) is 5.07. The van der Waals surface area contributed by atoms with Crippen LogP contribution in [0.1, 0.15) is 24.9 Å². The standard InChI is InChI=1S/C11H15ClN2O2/c1-2-5-14-10(11(13)16)7-3-4-9(15)8(12)6-7/h3-4,6,10,14-15H,2,5H2,1H3,(H2,13,16). The SMILES string of the molecule is CCCNC(C(N)=O)c1ccc(O)c(Cl)c1. The molecule has 4 nitrogen and oxygen atoms in total. The number of phenolic OH excluding ortho intramolecular Hbond substituents is 1. The summed E-state index contributed by atoms with van der Waals surface area (Å²) in [7, 11) is 0. The van der Waals surface area contributed by atoms with Gasteiger partial charge in [-0.05, 0) is 30.7 Å². The molecule has 5 heteroatoms. The van der Waals surface area contributed by atoms with E-state index in [0.29, 0.717) is 12.1 Å². The number of carbonyl (C=O) groups is 1. The minimum absolute atomic E-state index is 0.0101. The Morgan fingerprint density at radius 2 is 2.31 bits per heavy atom. The highest BCUT2D eigenvalue weighted by atomic mass is 35.5. The highest BCUT2D eigenvalue weighted by Gasteiger charge is 2.17. The molecular weight excluding hydrogens is 228 g/mol. The molecule has 0 saturated carbocycles. The van der Waals surface area contributed by atoms with E-state index in [1.54, 1.807) is 6.07 Å². The maximum atomic E-state index is 11.3. The monoisotopic (exact) mass is 242 g/mol. The summed E-state index contributed by atoms with van der Waals surface area (Å²) >= 11 is 5.77. The topological polar surface area (TPSA) is 75.3 Å². The van der Waals surface area contributed by atoms with Gasteiger partial charge < -0.3 is 16.2 Å². The smallest absolute Gasteiger partial charge is 0.239 e. The van der Waals surface area contributed by atoms with Crippen LogP contribution in [-0.4, -0.2) is 17.6 Å². The summed E-state index contributed by atoms with van der Waals surface area (Å²) in [6.45, 7) is 2.68. The van der Waals surface area contributed by atoms with Gasteiger partial charge in [-0.2, -0.15) is 0 Å². The Balaban J connectivity index is 2.92. The van der Waals surface area contributed by atoms with Crippen molar-refractivity contribution in [2.75, 3.05) is 6.54 Å². The van der Waals surface area contributed by atoms with E-state index in [1.807, 2.05) is 6.92 Å². The fourth-order valence-corrected chi connectivity index (χ4v) is 1.56. The van der Waals surface area contributed by atoms with Crippen molar-refractivity contribution in [3.05, 3.63) is 28.8 Å². The summed E-state index contributed by atoms with van der Waals surface area (Å²) in [5.74, 6) is -0.473. The third-order valence-corrected chi connectivity index (χ3v) is 2.49. The molecule has 0 radical (unpaired) electrons. The van der Waals surface area contributed by atoms with E-state index in [9.17, 15) is 9.90 Å². The number of halogens is 1. The Morgan fingerprint density at radius 1 is 1.62 bits per heavy atom. The van der Waals surface area contributed by atoms with Gasteiger partial charge in [-0.3, -0.25) is 4.79 Å². The first kappa shape index (κ1) is 12.8. The number of primary amides is 1. The van der Waals surface area contributed by atoms with Crippen LogP contribution < -0.4 is 11.1 Å². The number of aromatic hydroxyl groups is 1. The van der Waals surface area contributed by atoms with Gasteiger partial charge >= 0.3 is 0 Å². The molecule has 0 aromatic heterocycles. The van der Waals surface area contributed by atoms with E-state index in [-0.39, 0.29) is 10.8 Å². The van der Waals surface area contributed by atoms with Gasteiger partial charge in [0.05, 0.1) is 5.02 Å². The molecule has 0 aliphatic heterocycles. The molecule has 0 aliphatic rings. The molecule has 1 aromatic rings. The summed E-state index contributed by atoms with van der Waals surface area (Å²) in [6.07, 6.45) is 0.898. The Kier molecular flexibility index (Phi) is 4.58. The molecule has 1 unspecified atom stereocenters. The molecule has 88 valence electrons. The van der Waals surface area contributed by atoms with Crippen LogP contribution in [-0.2, 0) is 4.79 Å². The predicted octanol–water partition coefficient (Wildman–Crippen LogP) is 1.57. The molecule has 0 aliphatic carbocycles. The molecule has 0 fully saturated rings. The number of phenols is 1. The van der Waals surface area contributed by atoms with Crippen LogP contribution in [0, 0.1) is 0 Å². The molecule has 1 aromatic carbocycles. The minimum atomic E-state index is -0.571. The van der Waals surface area contributed by atoms with Crippen molar-refractivity contribution in [1.29, 1.82) is 0 Å². The average molecular weight is 243 g/mol. The Morgan fingerprint density at radius 3 is 2.81 bits per heavy atom. The first-order valence-corrected chi connectivity index (χ1v) is 5.45. The fourth-order valence-electron chi connectivity index (χ4n) is 1.37. The maximum Gasteiger partial charge on any atom is 0.239 e. The van der Waals surface area contributed by atoms with Crippen molar-refractivity contribution in [3.63, 3.8) is 0 Å². The fraction of sp³-hybridized carbons (Fsp3) is 0.364. The van der Waals surface area contributed by atoms with E-state index < -0.39 is 11.9 Å². The number of amides is 1. The zero-order valence-corrected chi connectivity index (χ0v) is 9.79. The molecule has 16 heavy (non-hydrogen) atoms. The van der Waals surface area contributed by atoms with Crippen molar-refractivity contribution < 1.29 is 9.90 Å². The van der Waals surface area contributed by atoms with Crippen molar-refractivity contribution in [2.24, 2.45) is 5.73 Å². The van der Waals surface area contributed by atoms with Gasteiger partial charge in [-0.15, -0.1) is 0 Å². The van der Waals surface area contributed by atoms with Crippen LogP contribution in [0.25, 0.3) is 0 Å². The zero-order valence-electron chi connectivity index (χ0n) is 9.03. The number of carbonyl (C=O) groups excluding carboxylic acids is 1. The molecule has 0 saturated heterocycles. The summed E-state index contributed by atoms with van der Waals surface area (Å²) in [5.41, 5.74) is 5.95. The second kappa shape index (κ2) is 5.72. The predicted molar refractivity (Wildman–Crippen MR) is 63.3 cm³/mol. The first-order chi connectivity index (χ1) is 7.56. The Hall–Kier alpha value is -1.26. The second-order valence-electron chi connectivity index (χ2n) is 3.50. The molecular formula is C11H15ClN2O2. The lowest BCUT2D eigenvalue weighted by Gasteiger charge is -2.15. The van der Waals surface area contributed by atoms with Crippen LogP contribution in [0.15, 0.2) is 18.2 Å². The van der Waals surface area contributed by atoms with Gasteiger partial charge in [0.15, 0.2) is 0 Å². The van der Waals surface area contributed by atoms with E-state index in [0.717, 1.165) is 6.42 Å². The van der Waals surface area contributed by atoms with Gasteiger partial charge in [-0.1, -0.05) is 24.6 Å². The van der Waals surface area contributed by atoms with Crippen LogP contribution in [0.5, 0.6) is 5.75 Å². The number of rotatable bonds is 5. The summed E-state index contributed by atoms with van der Waals surface area (Å²) in [6, 6.07) is 4.04. The van der Waals surface area contributed by atoms with Gasteiger partial charge in [0.25, 0.3) is 0 Å².